The van der Waals surface area contributed by atoms with Crippen LogP contribution in [0.4, 0.5) is 0 Å². The van der Waals surface area contributed by atoms with Crippen LogP contribution >= 0.6 is 15.9 Å². The summed E-state index contributed by atoms with van der Waals surface area (Å²) in [6.07, 6.45) is 2.87. The molecule has 0 atom stereocenters. The lowest BCUT2D eigenvalue weighted by molar-refractivity contribution is 0.583. The Morgan fingerprint density at radius 1 is 1.50 bits per heavy atom. The highest BCUT2D eigenvalue weighted by Gasteiger charge is 2.43. The van der Waals surface area contributed by atoms with E-state index in [4.69, 9.17) is 5.73 Å². The van der Waals surface area contributed by atoms with Gasteiger partial charge in [-0.2, -0.15) is 0 Å². The maximum Gasteiger partial charge on any atom is 0.236 e. The number of hydrogen-bond donors (Lipinski definition) is 1. The van der Waals surface area contributed by atoms with Gasteiger partial charge in [0.25, 0.3) is 0 Å². The van der Waals surface area contributed by atoms with Gasteiger partial charge in [0.1, 0.15) is 0 Å². The molecule has 1 aliphatic rings. The minimum absolute atomic E-state index is 0.435. The first-order chi connectivity index (χ1) is 6.34. The largest absolute Gasteiger partial charge is 0.320 e. The average Bonchev–Trinajstić information content (AvgIpc) is 2.60. The molecular weight excluding hydrogens is 268 g/mol. The molecule has 0 spiro atoms. The number of nitrogens with two attached hydrogens (primary N) is 1. The Bertz CT molecular complexity index is 474. The minimum Gasteiger partial charge on any atom is -0.320 e. The van der Waals surface area contributed by atoms with E-state index in [9.17, 15) is 8.42 Å². The molecule has 6 heteroatoms. The van der Waals surface area contributed by atoms with Gasteiger partial charge in [-0.15, -0.1) is 0 Å². The highest BCUT2D eigenvalue weighted by Crippen LogP contribution is 2.44. The summed E-state index contributed by atoms with van der Waals surface area (Å²) < 4.78 is 24.8. The van der Waals surface area contributed by atoms with Crippen LogP contribution in [-0.2, 0) is 15.6 Å². The lowest BCUT2D eigenvalue weighted by atomic mass is 10.2. The van der Waals surface area contributed by atoms with Crippen molar-refractivity contribution in [2.75, 3.05) is 6.26 Å². The number of rotatable bonds is 2. The fraction of sp³-hybridized carbons (Fsp3) is 0.500. The lowest BCUT2D eigenvalue weighted by Crippen LogP contribution is -2.26. The van der Waals surface area contributed by atoms with E-state index in [0.29, 0.717) is 10.3 Å². The Balaban J connectivity index is 2.64. The molecule has 0 radical (unpaired) electrons. The Hall–Kier alpha value is -0.330. The molecule has 1 aromatic rings. The molecule has 1 aromatic heterocycles. The smallest absolute Gasteiger partial charge is 0.236 e. The third kappa shape index (κ3) is 1.51. The topological polar surface area (TPSA) is 65.1 Å². The maximum atomic E-state index is 11.5. The van der Waals surface area contributed by atoms with Crippen molar-refractivity contribution in [1.29, 1.82) is 0 Å². The van der Waals surface area contributed by atoms with Crippen LogP contribution in [-0.4, -0.2) is 18.6 Å². The summed E-state index contributed by atoms with van der Waals surface area (Å²) in [5, 5.41) is 0. The van der Waals surface area contributed by atoms with E-state index in [0.717, 1.165) is 12.8 Å². The summed E-state index contributed by atoms with van der Waals surface area (Å²) in [5.41, 5.74) is 6.21. The quantitative estimate of drug-likeness (QED) is 0.878. The molecule has 0 unspecified atom stereocenters. The predicted octanol–water partition coefficient (Wildman–Crippen LogP) is 1.01. The number of nitrogens with zero attached hydrogens (tertiary/aromatic N) is 1. The molecule has 0 bridgehead atoms. The van der Waals surface area contributed by atoms with Crippen LogP contribution in [0.3, 0.4) is 0 Å². The van der Waals surface area contributed by atoms with Crippen LogP contribution in [0.25, 0.3) is 0 Å². The highest BCUT2D eigenvalue weighted by atomic mass is 79.9. The van der Waals surface area contributed by atoms with Gasteiger partial charge >= 0.3 is 0 Å². The van der Waals surface area contributed by atoms with E-state index in [1.807, 2.05) is 0 Å². The zero-order valence-electron chi connectivity index (χ0n) is 7.70. The van der Waals surface area contributed by atoms with Crippen LogP contribution in [0.2, 0.25) is 0 Å². The Morgan fingerprint density at radius 3 is 2.50 bits per heavy atom. The van der Waals surface area contributed by atoms with Crippen LogP contribution in [0.15, 0.2) is 16.7 Å². The zero-order chi connectivity index (χ0) is 10.6. The zero-order valence-corrected chi connectivity index (χ0v) is 10.1. The van der Waals surface area contributed by atoms with Crippen molar-refractivity contribution in [3.63, 3.8) is 0 Å². The SMILES string of the molecule is CS(=O)(=O)n1c(Br)ccc1C1(N)CC1. The van der Waals surface area contributed by atoms with Crippen molar-refractivity contribution >= 4 is 26.0 Å². The van der Waals surface area contributed by atoms with E-state index in [1.165, 1.54) is 10.2 Å². The third-order valence-electron chi connectivity index (χ3n) is 2.42. The van der Waals surface area contributed by atoms with Crippen molar-refractivity contribution in [3.05, 3.63) is 22.4 Å². The minimum atomic E-state index is -3.27. The standard InChI is InChI=1S/C8H11BrN2O2S/c1-14(12,13)11-6(2-3-7(11)9)8(10)4-5-8/h2-3H,4-5,10H2,1H3. The van der Waals surface area contributed by atoms with Crippen LogP contribution in [0, 0.1) is 0 Å². The van der Waals surface area contributed by atoms with Crippen molar-refractivity contribution in [2.45, 2.75) is 18.4 Å². The van der Waals surface area contributed by atoms with E-state index in [2.05, 4.69) is 15.9 Å². The fourth-order valence-electron chi connectivity index (χ4n) is 1.49. The normalized spacial score (nSPS) is 19.6. The molecular formula is C8H11BrN2O2S. The van der Waals surface area contributed by atoms with Gasteiger partial charge in [-0.3, -0.25) is 0 Å². The molecule has 1 aliphatic carbocycles. The summed E-state index contributed by atoms with van der Waals surface area (Å²) in [7, 11) is -3.27. The second kappa shape index (κ2) is 2.84. The molecule has 1 fully saturated rings. The second-order valence-corrected chi connectivity index (χ2v) is 6.37. The first-order valence-corrected chi connectivity index (χ1v) is 6.86. The second-order valence-electron chi connectivity index (χ2n) is 3.72. The van der Waals surface area contributed by atoms with E-state index >= 15 is 0 Å². The number of halogens is 1. The Labute approximate surface area is 91.3 Å². The summed E-state index contributed by atoms with van der Waals surface area (Å²) >= 11 is 3.20. The van der Waals surface area contributed by atoms with Gasteiger partial charge < -0.3 is 5.73 Å². The summed E-state index contributed by atoms with van der Waals surface area (Å²) in [6, 6.07) is 3.47. The van der Waals surface area contributed by atoms with Crippen LogP contribution < -0.4 is 5.73 Å². The predicted molar refractivity (Wildman–Crippen MR) is 57.5 cm³/mol. The van der Waals surface area contributed by atoms with Crippen molar-refractivity contribution in [1.82, 2.24) is 3.97 Å². The monoisotopic (exact) mass is 278 g/mol. The van der Waals surface area contributed by atoms with Gasteiger partial charge in [-0.25, -0.2) is 12.4 Å². The third-order valence-corrected chi connectivity index (χ3v) is 4.33. The molecule has 14 heavy (non-hydrogen) atoms. The number of hydrogen-bond acceptors (Lipinski definition) is 3. The average molecular weight is 279 g/mol. The highest BCUT2D eigenvalue weighted by molar-refractivity contribution is 9.10. The van der Waals surface area contributed by atoms with Crippen LogP contribution in [0.1, 0.15) is 18.5 Å². The van der Waals surface area contributed by atoms with Crippen molar-refractivity contribution < 1.29 is 8.42 Å². The molecule has 1 heterocycles. The molecule has 1 saturated carbocycles. The Kier molecular flexibility index (Phi) is 2.06. The Morgan fingerprint density at radius 2 is 2.07 bits per heavy atom. The molecule has 4 nitrogen and oxygen atoms in total. The van der Waals surface area contributed by atoms with Gasteiger partial charge in [0, 0.05) is 0 Å². The van der Waals surface area contributed by atoms with Crippen molar-refractivity contribution in [3.8, 4) is 0 Å². The molecule has 0 aromatic carbocycles. The van der Waals surface area contributed by atoms with Crippen LogP contribution in [0.5, 0.6) is 0 Å². The lowest BCUT2D eigenvalue weighted by Gasteiger charge is -2.13. The van der Waals surface area contributed by atoms with Gasteiger partial charge in [0.2, 0.25) is 10.0 Å². The summed E-state index contributed by atoms with van der Waals surface area (Å²) in [4.78, 5) is 0. The fourth-order valence-corrected chi connectivity index (χ4v) is 3.58. The first-order valence-electron chi connectivity index (χ1n) is 4.22. The van der Waals surface area contributed by atoms with Gasteiger partial charge in [-0.1, -0.05) is 0 Å². The first kappa shape index (κ1) is 10.2. The van der Waals surface area contributed by atoms with Crippen molar-refractivity contribution in [2.24, 2.45) is 5.73 Å². The van der Waals surface area contributed by atoms with E-state index < -0.39 is 15.6 Å². The molecule has 0 amide bonds. The molecule has 2 rings (SSSR count). The summed E-state index contributed by atoms with van der Waals surface area (Å²) in [6.45, 7) is 0. The molecule has 78 valence electrons. The molecule has 0 saturated heterocycles. The van der Waals surface area contributed by atoms with E-state index in [-0.39, 0.29) is 0 Å². The molecule has 2 N–H and O–H groups in total. The number of aromatic nitrogens is 1. The van der Waals surface area contributed by atoms with Gasteiger partial charge in [0.15, 0.2) is 0 Å². The molecule has 0 aliphatic heterocycles. The van der Waals surface area contributed by atoms with Gasteiger partial charge in [-0.05, 0) is 40.9 Å². The van der Waals surface area contributed by atoms with Gasteiger partial charge in [0.05, 0.1) is 22.1 Å². The summed E-state index contributed by atoms with van der Waals surface area (Å²) in [5.74, 6) is 0. The van der Waals surface area contributed by atoms with E-state index in [1.54, 1.807) is 12.1 Å². The maximum absolute atomic E-state index is 11.5.